The molecule has 0 aromatic heterocycles. The summed E-state index contributed by atoms with van der Waals surface area (Å²) in [5, 5.41) is 2.66. The fraction of sp³-hybridized carbons (Fsp3) is 0.381. The number of anilines is 2. The molecular formula is C21H24FN3O4S. The lowest BCUT2D eigenvalue weighted by molar-refractivity contribution is 0.0730. The minimum absolute atomic E-state index is 0.115. The molecule has 0 aliphatic carbocycles. The summed E-state index contributed by atoms with van der Waals surface area (Å²) in [6, 6.07) is 10.4. The van der Waals surface area contributed by atoms with E-state index in [2.05, 4.69) is 10.2 Å². The number of para-hydroxylation sites is 1. The van der Waals surface area contributed by atoms with Gasteiger partial charge in [-0.15, -0.1) is 0 Å². The van der Waals surface area contributed by atoms with Crippen molar-refractivity contribution in [1.82, 2.24) is 4.31 Å². The normalized spacial score (nSPS) is 17.8. The van der Waals surface area contributed by atoms with Crippen molar-refractivity contribution >= 4 is 27.3 Å². The molecule has 1 amide bonds. The van der Waals surface area contributed by atoms with Crippen LogP contribution in [-0.4, -0.2) is 58.0 Å². The number of ether oxygens (including phenoxy) is 1. The summed E-state index contributed by atoms with van der Waals surface area (Å²) in [4.78, 5) is 14.9. The number of amides is 1. The molecule has 9 heteroatoms. The van der Waals surface area contributed by atoms with Gasteiger partial charge in [0.15, 0.2) is 0 Å². The van der Waals surface area contributed by atoms with Crippen molar-refractivity contribution in [2.75, 3.05) is 49.6 Å². The van der Waals surface area contributed by atoms with Crippen molar-refractivity contribution in [2.24, 2.45) is 0 Å². The second-order valence-corrected chi connectivity index (χ2v) is 9.26. The predicted molar refractivity (Wildman–Crippen MR) is 112 cm³/mol. The molecule has 2 aliphatic rings. The highest BCUT2D eigenvalue weighted by Crippen LogP contribution is 2.31. The smallest absolute Gasteiger partial charge is 0.255 e. The van der Waals surface area contributed by atoms with Gasteiger partial charge < -0.3 is 15.0 Å². The standard InChI is InChI=1S/C21H24FN3O4S/c22-18-4-3-5-19(24-10-1-2-11-24)20(18)23-21(26)16-6-8-17(9-7-16)30(27,28)25-12-14-29-15-13-25/h3-9H,1-2,10-15H2,(H,23,26). The number of hydrogen-bond donors (Lipinski definition) is 1. The third kappa shape index (κ3) is 4.19. The average molecular weight is 434 g/mol. The van der Waals surface area contributed by atoms with Crippen LogP contribution >= 0.6 is 0 Å². The van der Waals surface area contributed by atoms with E-state index in [0.717, 1.165) is 25.9 Å². The fourth-order valence-corrected chi connectivity index (χ4v) is 5.17. The first kappa shape index (κ1) is 20.8. The van der Waals surface area contributed by atoms with E-state index in [1.807, 2.05) is 0 Å². The first-order valence-electron chi connectivity index (χ1n) is 9.99. The van der Waals surface area contributed by atoms with Gasteiger partial charge in [-0.3, -0.25) is 4.79 Å². The number of halogens is 1. The van der Waals surface area contributed by atoms with E-state index in [4.69, 9.17) is 4.74 Å². The predicted octanol–water partition coefficient (Wildman–Crippen LogP) is 2.70. The van der Waals surface area contributed by atoms with Crippen LogP contribution in [0.1, 0.15) is 23.2 Å². The Balaban J connectivity index is 1.52. The van der Waals surface area contributed by atoms with Crippen LogP contribution < -0.4 is 10.2 Å². The Labute approximate surface area is 175 Å². The minimum atomic E-state index is -3.63. The van der Waals surface area contributed by atoms with Crippen LogP contribution in [0.4, 0.5) is 15.8 Å². The Morgan fingerprint density at radius 1 is 0.967 bits per heavy atom. The van der Waals surface area contributed by atoms with Gasteiger partial charge in [0.2, 0.25) is 10.0 Å². The van der Waals surface area contributed by atoms with Crippen LogP contribution in [0.5, 0.6) is 0 Å². The zero-order chi connectivity index (χ0) is 21.1. The lowest BCUT2D eigenvalue weighted by Crippen LogP contribution is -2.40. The van der Waals surface area contributed by atoms with E-state index >= 15 is 0 Å². The Morgan fingerprint density at radius 3 is 2.30 bits per heavy atom. The molecule has 2 saturated heterocycles. The number of nitrogens with zero attached hydrogens (tertiary/aromatic N) is 2. The highest BCUT2D eigenvalue weighted by Gasteiger charge is 2.26. The average Bonchev–Trinajstić information content (AvgIpc) is 3.30. The van der Waals surface area contributed by atoms with Crippen molar-refractivity contribution in [2.45, 2.75) is 17.7 Å². The molecule has 2 fully saturated rings. The molecule has 160 valence electrons. The minimum Gasteiger partial charge on any atom is -0.379 e. The Kier molecular flexibility index (Phi) is 6.03. The largest absolute Gasteiger partial charge is 0.379 e. The molecule has 2 aromatic carbocycles. The number of carbonyl (C=O) groups is 1. The molecule has 0 spiro atoms. The van der Waals surface area contributed by atoms with Gasteiger partial charge in [-0.2, -0.15) is 4.31 Å². The van der Waals surface area contributed by atoms with Gasteiger partial charge in [0, 0.05) is 31.7 Å². The summed E-state index contributed by atoms with van der Waals surface area (Å²) in [7, 11) is -3.63. The summed E-state index contributed by atoms with van der Waals surface area (Å²) in [6.45, 7) is 2.97. The first-order valence-corrected chi connectivity index (χ1v) is 11.4. The lowest BCUT2D eigenvalue weighted by Gasteiger charge is -2.26. The molecule has 0 bridgehead atoms. The number of rotatable bonds is 5. The van der Waals surface area contributed by atoms with Crippen LogP contribution in [-0.2, 0) is 14.8 Å². The van der Waals surface area contributed by atoms with Crippen LogP contribution in [0.3, 0.4) is 0 Å². The molecule has 2 heterocycles. The van der Waals surface area contributed by atoms with E-state index in [1.54, 1.807) is 12.1 Å². The number of morpholine rings is 1. The number of carbonyl (C=O) groups excluding carboxylic acids is 1. The van der Waals surface area contributed by atoms with Crippen LogP contribution in [0.2, 0.25) is 0 Å². The van der Waals surface area contributed by atoms with E-state index in [9.17, 15) is 17.6 Å². The number of hydrogen-bond acceptors (Lipinski definition) is 5. The van der Waals surface area contributed by atoms with E-state index in [1.165, 1.54) is 34.6 Å². The summed E-state index contributed by atoms with van der Waals surface area (Å²) in [5.41, 5.74) is 1.06. The van der Waals surface area contributed by atoms with E-state index in [-0.39, 0.29) is 16.1 Å². The van der Waals surface area contributed by atoms with Gasteiger partial charge in [-0.05, 0) is 49.2 Å². The molecule has 0 saturated carbocycles. The molecule has 0 atom stereocenters. The Bertz CT molecular complexity index is 1020. The molecule has 7 nitrogen and oxygen atoms in total. The van der Waals surface area contributed by atoms with Crippen LogP contribution in [0, 0.1) is 5.82 Å². The zero-order valence-corrected chi connectivity index (χ0v) is 17.3. The van der Waals surface area contributed by atoms with Gasteiger partial charge in [0.25, 0.3) is 5.91 Å². The Hall–Kier alpha value is -2.49. The topological polar surface area (TPSA) is 79.0 Å². The van der Waals surface area contributed by atoms with Crippen molar-refractivity contribution in [3.05, 3.63) is 53.8 Å². The third-order valence-corrected chi connectivity index (χ3v) is 7.31. The summed E-state index contributed by atoms with van der Waals surface area (Å²) in [5.74, 6) is -0.991. The molecule has 2 aromatic rings. The van der Waals surface area contributed by atoms with Crippen molar-refractivity contribution < 1.29 is 22.3 Å². The highest BCUT2D eigenvalue weighted by atomic mass is 32.2. The van der Waals surface area contributed by atoms with E-state index in [0.29, 0.717) is 32.0 Å². The van der Waals surface area contributed by atoms with Gasteiger partial charge in [-0.1, -0.05) is 6.07 Å². The number of benzene rings is 2. The molecule has 30 heavy (non-hydrogen) atoms. The maximum Gasteiger partial charge on any atom is 0.255 e. The van der Waals surface area contributed by atoms with Gasteiger partial charge >= 0.3 is 0 Å². The number of nitrogens with one attached hydrogen (secondary N) is 1. The maximum atomic E-state index is 14.5. The Morgan fingerprint density at radius 2 is 1.63 bits per heavy atom. The second-order valence-electron chi connectivity index (χ2n) is 7.32. The fourth-order valence-electron chi connectivity index (χ4n) is 3.76. The first-order chi connectivity index (χ1) is 14.5. The zero-order valence-electron chi connectivity index (χ0n) is 16.5. The van der Waals surface area contributed by atoms with Gasteiger partial charge in [-0.25, -0.2) is 12.8 Å². The number of sulfonamides is 1. The van der Waals surface area contributed by atoms with Gasteiger partial charge in [0.05, 0.1) is 23.8 Å². The summed E-state index contributed by atoms with van der Waals surface area (Å²) in [6.07, 6.45) is 2.06. The lowest BCUT2D eigenvalue weighted by atomic mass is 10.2. The molecule has 0 radical (unpaired) electrons. The molecular weight excluding hydrogens is 409 g/mol. The summed E-state index contributed by atoms with van der Waals surface area (Å²) >= 11 is 0. The molecule has 1 N–H and O–H groups in total. The second kappa shape index (κ2) is 8.71. The quantitative estimate of drug-likeness (QED) is 0.785. The molecule has 4 rings (SSSR count). The summed E-state index contributed by atoms with van der Waals surface area (Å²) < 4.78 is 46.5. The maximum absolute atomic E-state index is 14.5. The van der Waals surface area contributed by atoms with Crippen LogP contribution in [0.15, 0.2) is 47.4 Å². The van der Waals surface area contributed by atoms with Crippen molar-refractivity contribution in [3.8, 4) is 0 Å². The van der Waals surface area contributed by atoms with Crippen molar-refractivity contribution in [1.29, 1.82) is 0 Å². The SMILES string of the molecule is O=C(Nc1c(F)cccc1N1CCCC1)c1ccc(S(=O)(=O)N2CCOCC2)cc1. The van der Waals surface area contributed by atoms with Crippen LogP contribution in [0.25, 0.3) is 0 Å². The third-order valence-electron chi connectivity index (χ3n) is 5.40. The van der Waals surface area contributed by atoms with Gasteiger partial charge in [0.1, 0.15) is 11.5 Å². The van der Waals surface area contributed by atoms with Crippen molar-refractivity contribution in [3.63, 3.8) is 0 Å². The molecule has 2 aliphatic heterocycles. The monoisotopic (exact) mass is 433 g/mol. The van der Waals surface area contributed by atoms with E-state index < -0.39 is 21.7 Å². The molecule has 0 unspecified atom stereocenters. The highest BCUT2D eigenvalue weighted by molar-refractivity contribution is 7.89.